The summed E-state index contributed by atoms with van der Waals surface area (Å²) in [5.41, 5.74) is 3.21. The van der Waals surface area contributed by atoms with Crippen molar-refractivity contribution in [1.29, 1.82) is 0 Å². The number of rotatable bonds is 3. The lowest BCUT2D eigenvalue weighted by atomic mass is 10.0. The highest BCUT2D eigenvalue weighted by Gasteiger charge is 2.25. The van der Waals surface area contributed by atoms with Crippen LogP contribution in [0, 0.1) is 0 Å². The quantitative estimate of drug-likeness (QED) is 0.886. The van der Waals surface area contributed by atoms with Crippen LogP contribution in [-0.4, -0.2) is 14.2 Å². The topological polar surface area (TPSA) is 30.5 Å². The Hall–Kier alpha value is -1.58. The second kappa shape index (κ2) is 5.66. The molecule has 5 heteroatoms. The predicted molar refractivity (Wildman–Crippen MR) is 86.1 cm³/mol. The Kier molecular flexibility index (Phi) is 3.87. The first kappa shape index (κ1) is 14.4. The highest BCUT2D eigenvalue weighted by atomic mass is 35.5. The minimum absolute atomic E-state index is 0.149. The Morgan fingerprint density at radius 2 is 1.81 bits per heavy atom. The number of ether oxygens (including phenoxy) is 2. The zero-order valence-corrected chi connectivity index (χ0v) is 13.3. The number of halogens is 2. The van der Waals surface area contributed by atoms with E-state index in [1.165, 1.54) is 0 Å². The molecule has 0 fully saturated rings. The monoisotopic (exact) mass is 323 g/mol. The summed E-state index contributed by atoms with van der Waals surface area (Å²) in [5, 5.41) is 4.80. The molecule has 3 nitrogen and oxygen atoms in total. The maximum Gasteiger partial charge on any atom is 0.161 e. The molecule has 0 spiro atoms. The van der Waals surface area contributed by atoms with Gasteiger partial charge in [0.15, 0.2) is 11.5 Å². The highest BCUT2D eigenvalue weighted by Crippen LogP contribution is 2.41. The SMILES string of the molecule is COc1ccc(C2Cc3c(Cl)cc(Cl)cc3N2)cc1OC. The number of nitrogens with one attached hydrogen (secondary N) is 1. The van der Waals surface area contributed by atoms with Crippen LogP contribution in [0.15, 0.2) is 30.3 Å². The lowest BCUT2D eigenvalue weighted by Gasteiger charge is -2.15. The van der Waals surface area contributed by atoms with Crippen molar-refractivity contribution < 1.29 is 9.47 Å². The van der Waals surface area contributed by atoms with Gasteiger partial charge in [-0.05, 0) is 35.4 Å². The summed E-state index contributed by atoms with van der Waals surface area (Å²) >= 11 is 12.3. The molecule has 1 heterocycles. The highest BCUT2D eigenvalue weighted by molar-refractivity contribution is 6.35. The molecule has 0 bridgehead atoms. The Bertz CT molecular complexity index is 688. The third kappa shape index (κ3) is 2.63. The normalized spacial score (nSPS) is 16.3. The molecule has 2 aromatic rings. The molecule has 0 saturated heterocycles. The Labute approximate surface area is 133 Å². The summed E-state index contributed by atoms with van der Waals surface area (Å²) < 4.78 is 10.6. The van der Waals surface area contributed by atoms with Crippen molar-refractivity contribution >= 4 is 28.9 Å². The van der Waals surface area contributed by atoms with E-state index >= 15 is 0 Å². The first-order valence-corrected chi connectivity index (χ1v) is 7.34. The van der Waals surface area contributed by atoms with Crippen molar-refractivity contribution in [3.8, 4) is 11.5 Å². The first-order chi connectivity index (χ1) is 10.1. The van der Waals surface area contributed by atoms with Crippen molar-refractivity contribution in [3.05, 3.63) is 51.5 Å². The van der Waals surface area contributed by atoms with Crippen LogP contribution in [-0.2, 0) is 6.42 Å². The molecule has 0 aliphatic carbocycles. The summed E-state index contributed by atoms with van der Waals surface area (Å²) in [7, 11) is 3.26. The van der Waals surface area contributed by atoms with Crippen molar-refractivity contribution in [2.24, 2.45) is 0 Å². The molecule has 1 atom stereocenters. The maximum absolute atomic E-state index is 6.26. The van der Waals surface area contributed by atoms with Gasteiger partial charge in [0.05, 0.1) is 20.3 Å². The van der Waals surface area contributed by atoms with E-state index < -0.39 is 0 Å². The molecular weight excluding hydrogens is 309 g/mol. The van der Waals surface area contributed by atoms with Crippen molar-refractivity contribution in [1.82, 2.24) is 0 Å². The van der Waals surface area contributed by atoms with E-state index in [0.29, 0.717) is 10.0 Å². The van der Waals surface area contributed by atoms with Gasteiger partial charge in [-0.25, -0.2) is 0 Å². The van der Waals surface area contributed by atoms with Gasteiger partial charge in [-0.1, -0.05) is 29.3 Å². The molecule has 0 amide bonds. The largest absolute Gasteiger partial charge is 0.493 e. The van der Waals surface area contributed by atoms with Crippen LogP contribution in [0.25, 0.3) is 0 Å². The van der Waals surface area contributed by atoms with E-state index in [-0.39, 0.29) is 6.04 Å². The van der Waals surface area contributed by atoms with Crippen molar-refractivity contribution in [2.75, 3.05) is 19.5 Å². The van der Waals surface area contributed by atoms with Crippen molar-refractivity contribution in [3.63, 3.8) is 0 Å². The second-order valence-electron chi connectivity index (χ2n) is 4.93. The minimum Gasteiger partial charge on any atom is -0.493 e. The lowest BCUT2D eigenvalue weighted by Crippen LogP contribution is -2.06. The van der Waals surface area contributed by atoms with E-state index in [0.717, 1.165) is 34.7 Å². The average molecular weight is 324 g/mol. The van der Waals surface area contributed by atoms with Gasteiger partial charge in [0.25, 0.3) is 0 Å². The maximum atomic E-state index is 6.26. The molecule has 110 valence electrons. The van der Waals surface area contributed by atoms with Gasteiger partial charge in [-0.2, -0.15) is 0 Å². The zero-order valence-electron chi connectivity index (χ0n) is 11.7. The molecule has 1 N–H and O–H groups in total. The Morgan fingerprint density at radius 1 is 1.05 bits per heavy atom. The standard InChI is InChI=1S/C16H15Cl2NO2/c1-20-15-4-3-9(5-16(15)21-2)13-8-11-12(18)6-10(17)7-14(11)19-13/h3-7,13,19H,8H2,1-2H3. The van der Waals surface area contributed by atoms with Gasteiger partial charge < -0.3 is 14.8 Å². The van der Waals surface area contributed by atoms with E-state index in [4.69, 9.17) is 32.7 Å². The smallest absolute Gasteiger partial charge is 0.161 e. The lowest BCUT2D eigenvalue weighted by molar-refractivity contribution is 0.354. The fraction of sp³-hybridized carbons (Fsp3) is 0.250. The molecule has 2 aromatic carbocycles. The minimum atomic E-state index is 0.149. The van der Waals surface area contributed by atoms with E-state index in [2.05, 4.69) is 5.32 Å². The molecule has 21 heavy (non-hydrogen) atoms. The van der Waals surface area contributed by atoms with Crippen LogP contribution >= 0.6 is 23.2 Å². The van der Waals surface area contributed by atoms with Gasteiger partial charge in [0.1, 0.15) is 0 Å². The van der Waals surface area contributed by atoms with Crippen LogP contribution in [0.5, 0.6) is 11.5 Å². The number of hydrogen-bond acceptors (Lipinski definition) is 3. The molecule has 0 saturated carbocycles. The summed E-state index contributed by atoms with van der Waals surface area (Å²) in [6, 6.07) is 9.76. The average Bonchev–Trinajstić information content (AvgIpc) is 2.90. The second-order valence-corrected chi connectivity index (χ2v) is 5.77. The van der Waals surface area contributed by atoms with Crippen LogP contribution in [0.2, 0.25) is 10.0 Å². The first-order valence-electron chi connectivity index (χ1n) is 6.58. The van der Waals surface area contributed by atoms with Crippen molar-refractivity contribution in [2.45, 2.75) is 12.5 Å². The Morgan fingerprint density at radius 3 is 2.52 bits per heavy atom. The molecule has 0 aromatic heterocycles. The third-order valence-corrected chi connectivity index (χ3v) is 4.26. The Balaban J connectivity index is 1.92. The summed E-state index contributed by atoms with van der Waals surface area (Å²) in [6.45, 7) is 0. The fourth-order valence-electron chi connectivity index (χ4n) is 2.65. The van der Waals surface area contributed by atoms with Gasteiger partial charge in [0, 0.05) is 22.2 Å². The van der Waals surface area contributed by atoms with Crippen LogP contribution in [0.1, 0.15) is 17.2 Å². The van der Waals surface area contributed by atoms with Crippen LogP contribution in [0.3, 0.4) is 0 Å². The van der Waals surface area contributed by atoms with E-state index in [9.17, 15) is 0 Å². The molecular formula is C16H15Cl2NO2. The van der Waals surface area contributed by atoms with E-state index in [1.54, 1.807) is 20.3 Å². The van der Waals surface area contributed by atoms with E-state index in [1.807, 2.05) is 24.3 Å². The molecule has 1 unspecified atom stereocenters. The summed E-state index contributed by atoms with van der Waals surface area (Å²) in [5.74, 6) is 1.44. The zero-order chi connectivity index (χ0) is 15.0. The number of benzene rings is 2. The van der Waals surface area contributed by atoms with Crippen LogP contribution in [0.4, 0.5) is 5.69 Å². The molecule has 1 aliphatic heterocycles. The van der Waals surface area contributed by atoms with Crippen LogP contribution < -0.4 is 14.8 Å². The van der Waals surface area contributed by atoms with Gasteiger partial charge in [0.2, 0.25) is 0 Å². The fourth-order valence-corrected chi connectivity index (χ4v) is 3.22. The third-order valence-electron chi connectivity index (χ3n) is 3.71. The predicted octanol–water partition coefficient (Wildman–Crippen LogP) is 4.72. The molecule has 0 radical (unpaired) electrons. The molecule has 1 aliphatic rings. The van der Waals surface area contributed by atoms with Gasteiger partial charge in [-0.3, -0.25) is 0 Å². The number of fused-ring (bicyclic) bond motifs is 1. The van der Waals surface area contributed by atoms with Gasteiger partial charge >= 0.3 is 0 Å². The number of hydrogen-bond donors (Lipinski definition) is 1. The molecule has 3 rings (SSSR count). The van der Waals surface area contributed by atoms with Gasteiger partial charge in [-0.15, -0.1) is 0 Å². The number of anilines is 1. The summed E-state index contributed by atoms with van der Waals surface area (Å²) in [4.78, 5) is 0. The number of methoxy groups -OCH3 is 2. The summed E-state index contributed by atoms with van der Waals surface area (Å²) in [6.07, 6.45) is 0.820.